The van der Waals surface area contributed by atoms with Crippen molar-refractivity contribution in [3.63, 3.8) is 0 Å². The van der Waals surface area contributed by atoms with Crippen LogP contribution in [-0.4, -0.2) is 45.4 Å². The van der Waals surface area contributed by atoms with Gasteiger partial charge < -0.3 is 9.22 Å². The van der Waals surface area contributed by atoms with Crippen LogP contribution < -0.4 is 0 Å². The largest absolute Gasteiger partial charge is 0.381 e. The Labute approximate surface area is 166 Å². The van der Waals surface area contributed by atoms with Crippen LogP contribution in [0.3, 0.4) is 0 Å². The second-order valence-electron chi connectivity index (χ2n) is 9.28. The molecule has 0 atom stereocenters. The molecule has 0 N–H and O–H groups in total. The van der Waals surface area contributed by atoms with E-state index in [1.807, 2.05) is 0 Å². The molecule has 0 amide bonds. The summed E-state index contributed by atoms with van der Waals surface area (Å²) in [4.78, 5) is 0. The van der Waals surface area contributed by atoms with E-state index in [9.17, 15) is 0 Å². The van der Waals surface area contributed by atoms with Gasteiger partial charge >= 0.3 is 0 Å². The Morgan fingerprint density at radius 2 is 0.808 bits per heavy atom. The third-order valence-electron chi connectivity index (χ3n) is 5.26. The summed E-state index contributed by atoms with van der Waals surface area (Å²) >= 11 is 0. The summed E-state index contributed by atoms with van der Waals surface area (Å²) in [5.41, 5.74) is 0. The molecular weight excluding hydrogens is 318 g/mol. The van der Waals surface area contributed by atoms with Crippen molar-refractivity contribution in [1.29, 1.82) is 0 Å². The maximum Gasteiger partial charge on any atom is 0.0802 e. The molecule has 2 nitrogen and oxygen atoms in total. The van der Waals surface area contributed by atoms with Crippen molar-refractivity contribution in [2.45, 2.75) is 116 Å². The minimum Gasteiger partial charge on any atom is -0.381 e. The van der Waals surface area contributed by atoms with Crippen LogP contribution in [0.1, 0.15) is 116 Å². The van der Waals surface area contributed by atoms with Crippen LogP contribution in [0.25, 0.3) is 0 Å². The van der Waals surface area contributed by atoms with Gasteiger partial charge in [0.25, 0.3) is 0 Å². The Morgan fingerprint density at radius 3 is 1.19 bits per heavy atom. The molecule has 0 aromatic rings. The molecule has 0 saturated carbocycles. The summed E-state index contributed by atoms with van der Waals surface area (Å²) in [5.74, 6) is 0. The molecule has 0 bridgehead atoms. The smallest absolute Gasteiger partial charge is 0.0802 e. The van der Waals surface area contributed by atoms with E-state index in [2.05, 4.69) is 28.1 Å². The molecule has 0 aliphatic rings. The predicted molar refractivity (Wildman–Crippen MR) is 118 cm³/mol. The highest BCUT2D eigenvalue weighted by Gasteiger charge is 2.05. The number of rotatable bonds is 21. The van der Waals surface area contributed by atoms with Crippen molar-refractivity contribution in [2.24, 2.45) is 0 Å². The Bertz CT molecular complexity index is 259. The van der Waals surface area contributed by atoms with E-state index in [1.165, 1.54) is 116 Å². The lowest BCUT2D eigenvalue weighted by atomic mass is 10.0. The molecule has 0 aliphatic heterocycles. The van der Waals surface area contributed by atoms with Gasteiger partial charge in [0.2, 0.25) is 0 Å². The second-order valence-corrected chi connectivity index (χ2v) is 9.28. The maximum absolute atomic E-state index is 5.74. The first-order chi connectivity index (χ1) is 12.6. The van der Waals surface area contributed by atoms with Gasteiger partial charge in [0.05, 0.1) is 34.3 Å². The number of nitrogens with zero attached hydrogens (tertiary/aromatic N) is 1. The second kappa shape index (κ2) is 19.7. The highest BCUT2D eigenvalue weighted by Crippen LogP contribution is 2.13. The molecule has 26 heavy (non-hydrogen) atoms. The zero-order valence-electron chi connectivity index (χ0n) is 19.0. The summed E-state index contributed by atoms with van der Waals surface area (Å²) in [6, 6.07) is 0. The lowest BCUT2D eigenvalue weighted by Gasteiger charge is -2.23. The SMILES string of the molecule is CCCCCCCCCCCCCCCCCCOCCC[N+](C)(C)C. The van der Waals surface area contributed by atoms with Gasteiger partial charge in [0.15, 0.2) is 0 Å². The Morgan fingerprint density at radius 1 is 0.462 bits per heavy atom. The van der Waals surface area contributed by atoms with E-state index in [0.717, 1.165) is 17.7 Å². The molecule has 0 heterocycles. The van der Waals surface area contributed by atoms with Crippen molar-refractivity contribution in [2.75, 3.05) is 40.9 Å². The van der Waals surface area contributed by atoms with Gasteiger partial charge in [-0.15, -0.1) is 0 Å². The van der Waals surface area contributed by atoms with Gasteiger partial charge in [-0.2, -0.15) is 0 Å². The number of ether oxygens (including phenoxy) is 1. The average Bonchev–Trinajstić information content (AvgIpc) is 2.59. The van der Waals surface area contributed by atoms with Crippen molar-refractivity contribution >= 4 is 0 Å². The summed E-state index contributed by atoms with van der Waals surface area (Å²) in [6.45, 7) is 5.41. The zero-order chi connectivity index (χ0) is 19.3. The van der Waals surface area contributed by atoms with Crippen LogP contribution in [-0.2, 0) is 4.74 Å². The van der Waals surface area contributed by atoms with Crippen molar-refractivity contribution in [3.8, 4) is 0 Å². The fourth-order valence-electron chi connectivity index (χ4n) is 3.50. The van der Waals surface area contributed by atoms with Gasteiger partial charge in [-0.25, -0.2) is 0 Å². The molecule has 0 rings (SSSR count). The fourth-order valence-corrected chi connectivity index (χ4v) is 3.50. The number of hydrogen-bond acceptors (Lipinski definition) is 1. The highest BCUT2D eigenvalue weighted by atomic mass is 16.5. The van der Waals surface area contributed by atoms with Gasteiger partial charge in [0, 0.05) is 13.0 Å². The lowest BCUT2D eigenvalue weighted by molar-refractivity contribution is -0.870. The van der Waals surface area contributed by atoms with Crippen LogP contribution in [0.15, 0.2) is 0 Å². The van der Waals surface area contributed by atoms with Crippen molar-refractivity contribution in [3.05, 3.63) is 0 Å². The van der Waals surface area contributed by atoms with Crippen LogP contribution in [0, 0.1) is 0 Å². The van der Waals surface area contributed by atoms with E-state index in [-0.39, 0.29) is 0 Å². The molecule has 0 unspecified atom stereocenters. The standard InChI is InChI=1S/C24H52NO/c1-5-6-7-8-9-10-11-12-13-14-15-16-17-18-19-20-23-26-24-21-22-25(2,3)4/h5-24H2,1-4H3/q+1. The lowest BCUT2D eigenvalue weighted by Crippen LogP contribution is -2.35. The Balaban J connectivity index is 3.01. The summed E-state index contributed by atoms with van der Waals surface area (Å²) in [5, 5.41) is 0. The molecule has 0 radical (unpaired) electrons. The highest BCUT2D eigenvalue weighted by molar-refractivity contribution is 4.50. The van der Waals surface area contributed by atoms with Crippen LogP contribution in [0.5, 0.6) is 0 Å². The first-order valence-electron chi connectivity index (χ1n) is 11.9. The van der Waals surface area contributed by atoms with Gasteiger partial charge in [0.1, 0.15) is 0 Å². The van der Waals surface area contributed by atoms with Crippen molar-refractivity contribution < 1.29 is 9.22 Å². The first-order valence-corrected chi connectivity index (χ1v) is 11.9. The Kier molecular flexibility index (Phi) is 19.6. The minimum absolute atomic E-state index is 0.939. The van der Waals surface area contributed by atoms with E-state index >= 15 is 0 Å². The van der Waals surface area contributed by atoms with E-state index in [1.54, 1.807) is 0 Å². The minimum atomic E-state index is 0.939. The predicted octanol–water partition coefficient (Wildman–Crippen LogP) is 7.36. The molecule has 2 heteroatoms. The quantitative estimate of drug-likeness (QED) is 0.151. The molecule has 158 valence electrons. The fraction of sp³-hybridized carbons (Fsp3) is 1.00. The van der Waals surface area contributed by atoms with Crippen molar-refractivity contribution in [1.82, 2.24) is 0 Å². The number of quaternary nitrogens is 1. The van der Waals surface area contributed by atoms with Gasteiger partial charge in [-0.3, -0.25) is 0 Å². The third-order valence-corrected chi connectivity index (χ3v) is 5.26. The monoisotopic (exact) mass is 370 g/mol. The summed E-state index contributed by atoms with van der Waals surface area (Å²) < 4.78 is 6.78. The normalized spacial score (nSPS) is 12.0. The maximum atomic E-state index is 5.74. The summed E-state index contributed by atoms with van der Waals surface area (Å²) in [7, 11) is 6.74. The van der Waals surface area contributed by atoms with E-state index < -0.39 is 0 Å². The first kappa shape index (κ1) is 25.9. The van der Waals surface area contributed by atoms with Gasteiger partial charge in [-0.1, -0.05) is 103 Å². The topological polar surface area (TPSA) is 9.23 Å². The van der Waals surface area contributed by atoms with Crippen LogP contribution >= 0.6 is 0 Å². The van der Waals surface area contributed by atoms with E-state index in [0.29, 0.717) is 0 Å². The molecule has 0 aromatic carbocycles. The van der Waals surface area contributed by atoms with E-state index in [4.69, 9.17) is 4.74 Å². The molecular formula is C24H52NO+. The molecule has 0 spiro atoms. The third kappa shape index (κ3) is 23.9. The summed E-state index contributed by atoms with van der Waals surface area (Å²) in [6.07, 6.45) is 24.1. The molecule has 0 saturated heterocycles. The number of hydrogen-bond donors (Lipinski definition) is 0. The molecule has 0 fully saturated rings. The zero-order valence-corrected chi connectivity index (χ0v) is 19.0. The number of unbranched alkanes of at least 4 members (excludes halogenated alkanes) is 15. The van der Waals surface area contributed by atoms with Crippen LogP contribution in [0.2, 0.25) is 0 Å². The molecule has 0 aliphatic carbocycles. The van der Waals surface area contributed by atoms with Gasteiger partial charge in [-0.05, 0) is 6.42 Å². The Hall–Kier alpha value is -0.0800. The molecule has 0 aromatic heterocycles. The van der Waals surface area contributed by atoms with Crippen LogP contribution in [0.4, 0.5) is 0 Å². The average molecular weight is 371 g/mol.